The van der Waals surface area contributed by atoms with Crippen LogP contribution in [0.1, 0.15) is 27.2 Å². The van der Waals surface area contributed by atoms with Gasteiger partial charge in [-0.1, -0.05) is 53.7 Å². The molecule has 0 fully saturated rings. The van der Waals surface area contributed by atoms with Gasteiger partial charge >= 0.3 is 0 Å². The molecule has 8 heteroatoms. The van der Waals surface area contributed by atoms with E-state index >= 15 is 0 Å². The molecule has 0 bridgehead atoms. The third kappa shape index (κ3) is 5.11. The van der Waals surface area contributed by atoms with Gasteiger partial charge in [0.05, 0.1) is 5.69 Å². The number of aliphatic imine (C=N–C) groups is 1. The van der Waals surface area contributed by atoms with Crippen LogP contribution in [0.15, 0.2) is 70.2 Å². The minimum absolute atomic E-state index is 0.00588. The molecule has 0 aliphatic heterocycles. The van der Waals surface area contributed by atoms with Gasteiger partial charge in [0.1, 0.15) is 0 Å². The van der Waals surface area contributed by atoms with E-state index in [0.717, 1.165) is 11.3 Å². The zero-order valence-corrected chi connectivity index (χ0v) is 16.9. The average Bonchev–Trinajstić information content (AvgIpc) is 3.23. The van der Waals surface area contributed by atoms with Gasteiger partial charge in [0.15, 0.2) is 11.7 Å². The van der Waals surface area contributed by atoms with Gasteiger partial charge in [-0.2, -0.15) is 0 Å². The summed E-state index contributed by atoms with van der Waals surface area (Å²) in [5.74, 6) is 0.642. The minimum Gasteiger partial charge on any atom is -0.370 e. The number of guanidine groups is 2. The van der Waals surface area contributed by atoms with Crippen LogP contribution < -0.4 is 11.1 Å². The molecule has 3 rings (SSSR count). The molecule has 30 heavy (non-hydrogen) atoms. The van der Waals surface area contributed by atoms with Crippen molar-refractivity contribution in [3.63, 3.8) is 0 Å². The van der Waals surface area contributed by atoms with Crippen LogP contribution in [-0.2, 0) is 12.8 Å². The zero-order chi connectivity index (χ0) is 21.5. The fourth-order valence-corrected chi connectivity index (χ4v) is 2.90. The molecular formula is C22H24N6O2. The van der Waals surface area contributed by atoms with E-state index in [1.54, 1.807) is 20.2 Å². The van der Waals surface area contributed by atoms with Crippen molar-refractivity contribution in [2.75, 3.05) is 19.4 Å². The van der Waals surface area contributed by atoms with Crippen molar-refractivity contribution < 1.29 is 9.32 Å². The molecule has 4 N–H and O–H groups in total. The lowest BCUT2D eigenvalue weighted by Gasteiger charge is -2.18. The van der Waals surface area contributed by atoms with Crippen LogP contribution in [0.3, 0.4) is 0 Å². The van der Waals surface area contributed by atoms with E-state index in [1.807, 2.05) is 54.6 Å². The second kappa shape index (κ2) is 9.51. The first-order valence-corrected chi connectivity index (χ1v) is 9.43. The normalized spacial score (nSPS) is 11.2. The molecule has 1 heterocycles. The lowest BCUT2D eigenvalue weighted by molar-refractivity contribution is 0.103. The molecular weight excluding hydrogens is 380 g/mol. The number of hydrogen-bond donors (Lipinski definition) is 3. The van der Waals surface area contributed by atoms with E-state index in [2.05, 4.69) is 15.5 Å². The van der Waals surface area contributed by atoms with Crippen LogP contribution in [0.25, 0.3) is 0 Å². The number of rotatable bonds is 6. The predicted molar refractivity (Wildman–Crippen MR) is 117 cm³/mol. The second-order valence-corrected chi connectivity index (χ2v) is 6.69. The van der Waals surface area contributed by atoms with Gasteiger partial charge in [0.25, 0.3) is 0 Å². The first-order chi connectivity index (χ1) is 14.5. The Morgan fingerprint density at radius 3 is 2.57 bits per heavy atom. The number of nitrogens with two attached hydrogens (primary N) is 1. The van der Waals surface area contributed by atoms with Crippen LogP contribution in [-0.4, -0.2) is 41.9 Å². The van der Waals surface area contributed by atoms with E-state index in [-0.39, 0.29) is 11.7 Å². The largest absolute Gasteiger partial charge is 0.370 e. The number of nitrogens with zero attached hydrogens (tertiary/aromatic N) is 3. The molecule has 0 radical (unpaired) electrons. The van der Waals surface area contributed by atoms with Crippen molar-refractivity contribution in [1.29, 1.82) is 5.41 Å². The van der Waals surface area contributed by atoms with Crippen molar-refractivity contribution >= 4 is 23.6 Å². The maximum atomic E-state index is 12.6. The third-order valence-corrected chi connectivity index (χ3v) is 4.58. The van der Waals surface area contributed by atoms with E-state index in [0.29, 0.717) is 35.8 Å². The monoisotopic (exact) mass is 404 g/mol. The lowest BCUT2D eigenvalue weighted by Crippen LogP contribution is -2.41. The molecule has 0 aliphatic rings. The molecule has 0 saturated carbocycles. The maximum Gasteiger partial charge on any atom is 0.231 e. The Hall–Kier alpha value is -3.94. The standard InChI is InChI=1S/C22H24N6O2/c1-25-22(28(2)21(23)24)26-19-14-18(27-30-19)12-11-15-7-6-10-17(13-15)20(29)16-8-4-3-5-9-16/h3-10,13-14H,11-12H2,1-2H3,(H3,23,24)(H,25,26). The van der Waals surface area contributed by atoms with Crippen molar-refractivity contribution in [1.82, 2.24) is 10.1 Å². The summed E-state index contributed by atoms with van der Waals surface area (Å²) in [4.78, 5) is 18.1. The molecule has 0 aliphatic carbocycles. The Balaban J connectivity index is 1.63. The van der Waals surface area contributed by atoms with Crippen LogP contribution in [0.4, 0.5) is 5.88 Å². The van der Waals surface area contributed by atoms with Crippen molar-refractivity contribution in [3.05, 3.63) is 83.0 Å². The summed E-state index contributed by atoms with van der Waals surface area (Å²) < 4.78 is 5.30. The van der Waals surface area contributed by atoms with Gasteiger partial charge in [0, 0.05) is 31.3 Å². The number of nitrogens with one attached hydrogen (secondary N) is 2. The molecule has 1 aromatic heterocycles. The van der Waals surface area contributed by atoms with Crippen molar-refractivity contribution in [2.24, 2.45) is 10.7 Å². The molecule has 0 spiro atoms. The van der Waals surface area contributed by atoms with Gasteiger partial charge in [-0.05, 0) is 24.5 Å². The quantitative estimate of drug-likeness (QED) is 0.330. The SMILES string of the molecule is CN=C(Nc1cc(CCc2cccc(C(=O)c3ccccc3)c2)no1)N(C)C(=N)N. The number of anilines is 1. The summed E-state index contributed by atoms with van der Waals surface area (Å²) in [5.41, 5.74) is 8.61. The smallest absolute Gasteiger partial charge is 0.231 e. The predicted octanol–water partition coefficient (Wildman–Crippen LogP) is 2.91. The van der Waals surface area contributed by atoms with Crippen LogP contribution in [0, 0.1) is 5.41 Å². The van der Waals surface area contributed by atoms with E-state index in [4.69, 9.17) is 15.7 Å². The number of aryl methyl sites for hydroxylation is 2. The van der Waals surface area contributed by atoms with E-state index < -0.39 is 0 Å². The van der Waals surface area contributed by atoms with Gasteiger partial charge < -0.3 is 10.3 Å². The Kier molecular flexibility index (Phi) is 6.59. The molecule has 8 nitrogen and oxygen atoms in total. The summed E-state index contributed by atoms with van der Waals surface area (Å²) in [6, 6.07) is 18.6. The fraction of sp³-hybridized carbons (Fsp3) is 0.182. The van der Waals surface area contributed by atoms with Crippen LogP contribution in [0.5, 0.6) is 0 Å². The van der Waals surface area contributed by atoms with Gasteiger partial charge in [0.2, 0.25) is 11.8 Å². The van der Waals surface area contributed by atoms with Crippen LogP contribution in [0.2, 0.25) is 0 Å². The first-order valence-electron chi connectivity index (χ1n) is 9.43. The van der Waals surface area contributed by atoms with Crippen molar-refractivity contribution in [2.45, 2.75) is 12.8 Å². The number of benzene rings is 2. The molecule has 0 unspecified atom stereocenters. The highest BCUT2D eigenvalue weighted by Crippen LogP contribution is 2.16. The molecule has 3 aromatic rings. The molecule has 2 aromatic carbocycles. The van der Waals surface area contributed by atoms with Gasteiger partial charge in [-0.3, -0.25) is 25.4 Å². The molecule has 0 atom stereocenters. The van der Waals surface area contributed by atoms with Gasteiger partial charge in [-0.15, -0.1) is 0 Å². The summed E-state index contributed by atoms with van der Waals surface area (Å²) in [5, 5.41) is 14.5. The Labute approximate surface area is 174 Å². The second-order valence-electron chi connectivity index (χ2n) is 6.69. The first kappa shape index (κ1) is 20.8. The Morgan fingerprint density at radius 2 is 1.87 bits per heavy atom. The minimum atomic E-state index is -0.146. The summed E-state index contributed by atoms with van der Waals surface area (Å²) in [7, 11) is 3.21. The highest BCUT2D eigenvalue weighted by molar-refractivity contribution is 6.09. The van der Waals surface area contributed by atoms with E-state index in [1.165, 1.54) is 4.90 Å². The summed E-state index contributed by atoms with van der Waals surface area (Å²) >= 11 is 0. The Bertz CT molecular complexity index is 1060. The number of hydrogen-bond acceptors (Lipinski definition) is 5. The topological polar surface area (TPSA) is 121 Å². The number of aromatic nitrogens is 1. The zero-order valence-electron chi connectivity index (χ0n) is 16.9. The fourth-order valence-electron chi connectivity index (χ4n) is 2.90. The lowest BCUT2D eigenvalue weighted by atomic mass is 9.99. The number of ketones is 1. The Morgan fingerprint density at radius 1 is 1.13 bits per heavy atom. The highest BCUT2D eigenvalue weighted by Gasteiger charge is 2.13. The molecule has 0 amide bonds. The number of carbonyl (C=O) groups excluding carboxylic acids is 1. The van der Waals surface area contributed by atoms with E-state index in [9.17, 15) is 4.79 Å². The van der Waals surface area contributed by atoms with Crippen LogP contribution >= 0.6 is 0 Å². The molecule has 154 valence electrons. The third-order valence-electron chi connectivity index (χ3n) is 4.58. The van der Waals surface area contributed by atoms with Crippen molar-refractivity contribution in [3.8, 4) is 0 Å². The number of carbonyl (C=O) groups is 1. The summed E-state index contributed by atoms with van der Waals surface area (Å²) in [6.45, 7) is 0. The average molecular weight is 404 g/mol. The maximum absolute atomic E-state index is 12.6. The molecule has 0 saturated heterocycles. The summed E-state index contributed by atoms with van der Waals surface area (Å²) in [6.07, 6.45) is 1.36. The highest BCUT2D eigenvalue weighted by atomic mass is 16.5. The van der Waals surface area contributed by atoms with Gasteiger partial charge in [-0.25, -0.2) is 0 Å².